The summed E-state index contributed by atoms with van der Waals surface area (Å²) in [6.07, 6.45) is 1.18. The summed E-state index contributed by atoms with van der Waals surface area (Å²) in [6, 6.07) is 8.35. The number of unbranched alkanes of at least 4 members (excludes halogenated alkanes) is 1. The van der Waals surface area contributed by atoms with Gasteiger partial charge in [-0.2, -0.15) is 4.31 Å². The molecule has 0 heterocycles. The summed E-state index contributed by atoms with van der Waals surface area (Å²) < 4.78 is 32.2. The van der Waals surface area contributed by atoms with Gasteiger partial charge in [-0.1, -0.05) is 25.5 Å². The molecule has 0 amide bonds. The second-order valence-corrected chi connectivity index (χ2v) is 8.68. The minimum Gasteiger partial charge on any atom is -0.494 e. The summed E-state index contributed by atoms with van der Waals surface area (Å²) in [4.78, 5) is 22.2. The molecule has 158 valence electrons. The van der Waals surface area contributed by atoms with Gasteiger partial charge in [0.1, 0.15) is 11.8 Å². The molecule has 0 saturated carbocycles. The SMILES string of the molecule is CCCCOc1ccc2cc(S(=O)(=O)N(C)[C@H](CCC(=O)O)C(=O)O)ccc2c1. The lowest BCUT2D eigenvalue weighted by molar-refractivity contribution is -0.142. The van der Waals surface area contributed by atoms with Gasteiger partial charge in [-0.15, -0.1) is 0 Å². The van der Waals surface area contributed by atoms with Gasteiger partial charge in [0, 0.05) is 13.5 Å². The van der Waals surface area contributed by atoms with Gasteiger partial charge in [0.05, 0.1) is 11.5 Å². The third-order valence-electron chi connectivity index (χ3n) is 4.58. The summed E-state index contributed by atoms with van der Waals surface area (Å²) in [5, 5.41) is 19.6. The number of likely N-dealkylation sites (N-methyl/N-ethyl adjacent to an activating group) is 1. The van der Waals surface area contributed by atoms with Crippen molar-refractivity contribution < 1.29 is 33.0 Å². The van der Waals surface area contributed by atoms with Crippen LogP contribution in [0.5, 0.6) is 5.75 Å². The van der Waals surface area contributed by atoms with Gasteiger partial charge in [-0.25, -0.2) is 8.42 Å². The van der Waals surface area contributed by atoms with Crippen LogP contribution in [0.1, 0.15) is 32.6 Å². The highest BCUT2D eigenvalue weighted by atomic mass is 32.2. The Morgan fingerprint density at radius 3 is 2.38 bits per heavy atom. The van der Waals surface area contributed by atoms with E-state index in [1.807, 2.05) is 6.07 Å². The van der Waals surface area contributed by atoms with Crippen molar-refractivity contribution in [3.05, 3.63) is 36.4 Å². The molecule has 0 fully saturated rings. The van der Waals surface area contributed by atoms with Gasteiger partial charge in [0.25, 0.3) is 0 Å². The van der Waals surface area contributed by atoms with Crippen LogP contribution in [0.3, 0.4) is 0 Å². The Morgan fingerprint density at radius 2 is 1.76 bits per heavy atom. The van der Waals surface area contributed by atoms with Crippen LogP contribution in [0.25, 0.3) is 10.8 Å². The molecule has 0 aromatic heterocycles. The van der Waals surface area contributed by atoms with Crippen molar-refractivity contribution in [3.63, 3.8) is 0 Å². The van der Waals surface area contributed by atoms with E-state index in [1.54, 1.807) is 18.2 Å². The number of aliphatic carboxylic acids is 2. The van der Waals surface area contributed by atoms with Crippen molar-refractivity contribution in [1.29, 1.82) is 0 Å². The molecule has 0 radical (unpaired) electrons. The van der Waals surface area contributed by atoms with Gasteiger partial charge in [-0.3, -0.25) is 9.59 Å². The molecule has 0 saturated heterocycles. The first-order valence-corrected chi connectivity index (χ1v) is 10.7. The summed E-state index contributed by atoms with van der Waals surface area (Å²) in [5.41, 5.74) is 0. The van der Waals surface area contributed by atoms with Crippen molar-refractivity contribution in [2.45, 2.75) is 43.5 Å². The molecule has 0 aliphatic heterocycles. The van der Waals surface area contributed by atoms with Crippen LogP contribution in [-0.4, -0.2) is 54.6 Å². The van der Waals surface area contributed by atoms with Crippen LogP contribution in [-0.2, 0) is 19.6 Å². The zero-order valence-corrected chi connectivity index (χ0v) is 17.2. The van der Waals surface area contributed by atoms with E-state index < -0.39 is 34.4 Å². The van der Waals surface area contributed by atoms with Gasteiger partial charge < -0.3 is 14.9 Å². The number of carbonyl (C=O) groups is 2. The second-order valence-electron chi connectivity index (χ2n) is 6.68. The van der Waals surface area contributed by atoms with Crippen LogP contribution in [0.15, 0.2) is 41.3 Å². The highest BCUT2D eigenvalue weighted by molar-refractivity contribution is 7.89. The molecule has 2 rings (SSSR count). The zero-order valence-electron chi connectivity index (χ0n) is 16.4. The molecule has 2 aromatic rings. The number of hydrogen-bond acceptors (Lipinski definition) is 5. The zero-order chi connectivity index (χ0) is 21.6. The predicted molar refractivity (Wildman–Crippen MR) is 108 cm³/mol. The minimum absolute atomic E-state index is 0.0614. The number of hydrogen-bond donors (Lipinski definition) is 2. The summed E-state index contributed by atoms with van der Waals surface area (Å²) in [6.45, 7) is 2.67. The molecule has 0 spiro atoms. The number of benzene rings is 2. The van der Waals surface area contributed by atoms with E-state index in [2.05, 4.69) is 6.92 Å². The Hall–Kier alpha value is -2.65. The smallest absolute Gasteiger partial charge is 0.322 e. The van der Waals surface area contributed by atoms with Crippen LogP contribution < -0.4 is 4.74 Å². The van der Waals surface area contributed by atoms with Crippen molar-refractivity contribution in [2.75, 3.05) is 13.7 Å². The first kappa shape index (κ1) is 22.6. The monoisotopic (exact) mass is 423 g/mol. The Balaban J connectivity index is 2.29. The number of sulfonamides is 1. The fraction of sp³-hybridized carbons (Fsp3) is 0.400. The van der Waals surface area contributed by atoms with Crippen molar-refractivity contribution in [2.24, 2.45) is 0 Å². The molecule has 0 aliphatic carbocycles. The number of carboxylic acid groups (broad SMARTS) is 2. The molecule has 2 N–H and O–H groups in total. The Bertz CT molecular complexity index is 987. The van der Waals surface area contributed by atoms with Gasteiger partial charge in [-0.05, 0) is 47.9 Å². The van der Waals surface area contributed by atoms with Gasteiger partial charge in [0.2, 0.25) is 10.0 Å². The number of ether oxygens (including phenoxy) is 1. The number of carboxylic acids is 2. The predicted octanol–water partition coefficient (Wildman–Crippen LogP) is 2.96. The third kappa shape index (κ3) is 5.68. The maximum atomic E-state index is 12.9. The summed E-state index contributed by atoms with van der Waals surface area (Å²) in [5.74, 6) is -1.89. The lowest BCUT2D eigenvalue weighted by Crippen LogP contribution is -2.42. The molecule has 0 unspecified atom stereocenters. The van der Waals surface area contributed by atoms with Crippen LogP contribution >= 0.6 is 0 Å². The van der Waals surface area contributed by atoms with Gasteiger partial charge in [0.15, 0.2) is 0 Å². The van der Waals surface area contributed by atoms with Gasteiger partial charge >= 0.3 is 11.9 Å². The van der Waals surface area contributed by atoms with Crippen molar-refractivity contribution in [1.82, 2.24) is 4.31 Å². The van der Waals surface area contributed by atoms with Crippen LogP contribution in [0, 0.1) is 0 Å². The molecular formula is C20H25NO7S. The lowest BCUT2D eigenvalue weighted by atomic mass is 10.1. The molecule has 0 bridgehead atoms. The topological polar surface area (TPSA) is 121 Å². The van der Waals surface area contributed by atoms with E-state index >= 15 is 0 Å². The van der Waals surface area contributed by atoms with E-state index in [0.29, 0.717) is 22.0 Å². The Kier molecular flexibility index (Phi) is 7.58. The molecule has 1 atom stereocenters. The first-order chi connectivity index (χ1) is 13.7. The van der Waals surface area contributed by atoms with E-state index in [4.69, 9.17) is 9.84 Å². The molecule has 2 aromatic carbocycles. The number of rotatable bonds is 11. The highest BCUT2D eigenvalue weighted by Crippen LogP contribution is 2.26. The average Bonchev–Trinajstić information content (AvgIpc) is 2.67. The second kappa shape index (κ2) is 9.71. The van der Waals surface area contributed by atoms with Crippen molar-refractivity contribution >= 4 is 32.7 Å². The molecular weight excluding hydrogens is 398 g/mol. The van der Waals surface area contributed by atoms with Crippen molar-refractivity contribution in [3.8, 4) is 5.75 Å². The molecule has 9 heteroatoms. The summed E-state index contributed by atoms with van der Waals surface area (Å²) in [7, 11) is -2.98. The fourth-order valence-electron chi connectivity index (χ4n) is 2.84. The standard InChI is InChI=1S/C20H25NO7S/c1-3-4-11-28-16-7-5-15-13-17(8-6-14(15)12-16)29(26,27)21(2)18(20(24)25)9-10-19(22)23/h5-8,12-13,18H,3-4,9-11H2,1-2H3,(H,22,23)(H,24,25)/t18-/m1/s1. The van der Waals surface area contributed by atoms with Crippen LogP contribution in [0.2, 0.25) is 0 Å². The van der Waals surface area contributed by atoms with E-state index in [0.717, 1.165) is 25.3 Å². The molecule has 8 nitrogen and oxygen atoms in total. The normalized spacial score (nSPS) is 12.8. The largest absolute Gasteiger partial charge is 0.494 e. The highest BCUT2D eigenvalue weighted by Gasteiger charge is 2.33. The summed E-state index contributed by atoms with van der Waals surface area (Å²) >= 11 is 0. The number of fused-ring (bicyclic) bond motifs is 1. The Morgan fingerprint density at radius 1 is 1.10 bits per heavy atom. The average molecular weight is 423 g/mol. The maximum Gasteiger partial charge on any atom is 0.322 e. The van der Waals surface area contributed by atoms with Crippen LogP contribution in [0.4, 0.5) is 0 Å². The lowest BCUT2D eigenvalue weighted by Gasteiger charge is -2.24. The molecule has 0 aliphatic rings. The third-order valence-corrected chi connectivity index (χ3v) is 6.44. The Labute approximate surface area is 169 Å². The molecule has 29 heavy (non-hydrogen) atoms. The number of nitrogens with zero attached hydrogens (tertiary/aromatic N) is 1. The first-order valence-electron chi connectivity index (χ1n) is 9.26. The van der Waals surface area contributed by atoms with E-state index in [1.165, 1.54) is 12.1 Å². The minimum atomic E-state index is -4.12. The fourth-order valence-corrected chi connectivity index (χ4v) is 4.22. The van der Waals surface area contributed by atoms with E-state index in [9.17, 15) is 23.1 Å². The maximum absolute atomic E-state index is 12.9. The van der Waals surface area contributed by atoms with E-state index in [-0.39, 0.29) is 11.3 Å². The quantitative estimate of drug-likeness (QED) is 0.533.